The van der Waals surface area contributed by atoms with E-state index in [-0.39, 0.29) is 11.3 Å². The third-order valence-electron chi connectivity index (χ3n) is 1.42. The van der Waals surface area contributed by atoms with Crippen molar-refractivity contribution in [2.75, 3.05) is 0 Å². The first-order valence-corrected chi connectivity index (χ1v) is 5.00. The molecule has 0 radical (unpaired) electrons. The number of aromatic hydroxyl groups is 1. The van der Waals surface area contributed by atoms with E-state index in [0.29, 0.717) is 0 Å². The van der Waals surface area contributed by atoms with E-state index in [2.05, 4.69) is 9.32 Å². The Bertz CT molecular complexity index is 431. The maximum absolute atomic E-state index is 12.9. The minimum atomic E-state index is -4.08. The molecule has 1 rings (SSSR count). The van der Waals surface area contributed by atoms with Crippen LogP contribution in [0.3, 0.4) is 0 Å². The summed E-state index contributed by atoms with van der Waals surface area (Å²) in [5.74, 6) is -1.00. The standard InChI is InChI=1S/C7H8FNO4S/c8-7-3-6(10)2-1-5(7)4-13-14(9,11)12/h1-3,10H,4H2,(H2,9,11,12). The van der Waals surface area contributed by atoms with Gasteiger partial charge >= 0.3 is 10.3 Å². The second-order valence-electron chi connectivity index (χ2n) is 2.53. The van der Waals surface area contributed by atoms with Gasteiger partial charge in [-0.3, -0.25) is 4.18 Å². The molecule has 0 aliphatic heterocycles. The summed E-state index contributed by atoms with van der Waals surface area (Å²) in [6.07, 6.45) is 0. The largest absolute Gasteiger partial charge is 0.508 e. The third kappa shape index (κ3) is 3.29. The Kier molecular flexibility index (Phi) is 3.04. The van der Waals surface area contributed by atoms with Crippen molar-refractivity contribution in [3.05, 3.63) is 29.6 Å². The zero-order chi connectivity index (χ0) is 10.8. The van der Waals surface area contributed by atoms with Crippen LogP contribution in [0.25, 0.3) is 0 Å². The van der Waals surface area contributed by atoms with Gasteiger partial charge in [-0.15, -0.1) is 0 Å². The normalized spacial score (nSPS) is 11.6. The Labute approximate surface area is 80.2 Å². The molecule has 5 nitrogen and oxygen atoms in total. The van der Waals surface area contributed by atoms with E-state index in [1.807, 2.05) is 0 Å². The van der Waals surface area contributed by atoms with E-state index in [9.17, 15) is 12.8 Å². The van der Waals surface area contributed by atoms with Gasteiger partial charge in [-0.05, 0) is 6.07 Å². The van der Waals surface area contributed by atoms with Crippen molar-refractivity contribution in [3.8, 4) is 5.75 Å². The van der Waals surface area contributed by atoms with Crippen LogP contribution in [0.5, 0.6) is 5.75 Å². The molecule has 0 amide bonds. The Balaban J connectivity index is 2.78. The maximum atomic E-state index is 12.9. The number of hydrogen-bond donors (Lipinski definition) is 2. The number of nitrogens with two attached hydrogens (primary N) is 1. The molecule has 0 heterocycles. The van der Waals surface area contributed by atoms with Gasteiger partial charge < -0.3 is 5.11 Å². The number of hydrogen-bond acceptors (Lipinski definition) is 4. The van der Waals surface area contributed by atoms with E-state index in [4.69, 9.17) is 5.11 Å². The average molecular weight is 221 g/mol. The van der Waals surface area contributed by atoms with Gasteiger partial charge in [0.1, 0.15) is 11.6 Å². The fourth-order valence-corrected chi connectivity index (χ4v) is 1.09. The van der Waals surface area contributed by atoms with Crippen LogP contribution in [-0.4, -0.2) is 13.5 Å². The van der Waals surface area contributed by atoms with Gasteiger partial charge in [0.15, 0.2) is 0 Å². The van der Waals surface area contributed by atoms with Gasteiger partial charge in [-0.1, -0.05) is 6.07 Å². The number of benzene rings is 1. The second kappa shape index (κ2) is 3.91. The van der Waals surface area contributed by atoms with Crippen LogP contribution in [0, 0.1) is 5.82 Å². The lowest BCUT2D eigenvalue weighted by atomic mass is 10.2. The second-order valence-corrected chi connectivity index (χ2v) is 3.75. The predicted octanol–water partition coefficient (Wildman–Crippen LogP) is 0.251. The van der Waals surface area contributed by atoms with E-state index < -0.39 is 22.7 Å². The van der Waals surface area contributed by atoms with Crippen molar-refractivity contribution in [2.45, 2.75) is 6.61 Å². The average Bonchev–Trinajstić information content (AvgIpc) is 2.00. The summed E-state index contributed by atoms with van der Waals surface area (Å²) in [7, 11) is -4.08. The molecule has 0 atom stereocenters. The van der Waals surface area contributed by atoms with Crippen molar-refractivity contribution in [2.24, 2.45) is 5.14 Å². The SMILES string of the molecule is NS(=O)(=O)OCc1ccc(O)cc1F. The van der Waals surface area contributed by atoms with Crippen LogP contribution < -0.4 is 5.14 Å². The van der Waals surface area contributed by atoms with Crippen molar-refractivity contribution in [3.63, 3.8) is 0 Å². The number of phenolic OH excluding ortho intramolecular Hbond substituents is 1. The van der Waals surface area contributed by atoms with Crippen LogP contribution in [0.1, 0.15) is 5.56 Å². The lowest BCUT2D eigenvalue weighted by Crippen LogP contribution is -2.15. The van der Waals surface area contributed by atoms with Crippen LogP contribution in [0.4, 0.5) is 4.39 Å². The Morgan fingerprint density at radius 1 is 1.50 bits per heavy atom. The first-order valence-electron chi connectivity index (χ1n) is 3.53. The third-order valence-corrected chi connectivity index (χ3v) is 1.86. The smallest absolute Gasteiger partial charge is 0.333 e. The van der Waals surface area contributed by atoms with E-state index in [1.165, 1.54) is 12.1 Å². The number of phenols is 1. The topological polar surface area (TPSA) is 89.6 Å². The van der Waals surface area contributed by atoms with Crippen molar-refractivity contribution in [1.82, 2.24) is 0 Å². The van der Waals surface area contributed by atoms with E-state index in [1.54, 1.807) is 0 Å². The molecular weight excluding hydrogens is 213 g/mol. The number of rotatable bonds is 3. The summed E-state index contributed by atoms with van der Waals surface area (Å²) in [6.45, 7) is -0.495. The molecule has 3 N–H and O–H groups in total. The first-order chi connectivity index (χ1) is 6.38. The molecule has 0 bridgehead atoms. The Morgan fingerprint density at radius 2 is 2.14 bits per heavy atom. The molecule has 0 unspecified atom stereocenters. The monoisotopic (exact) mass is 221 g/mol. The molecule has 0 aliphatic rings. The molecule has 0 saturated carbocycles. The van der Waals surface area contributed by atoms with E-state index >= 15 is 0 Å². The zero-order valence-corrected chi connectivity index (χ0v) is 7.79. The van der Waals surface area contributed by atoms with Gasteiger partial charge in [-0.25, -0.2) is 9.53 Å². The van der Waals surface area contributed by atoms with E-state index in [0.717, 1.165) is 6.07 Å². The fraction of sp³-hybridized carbons (Fsp3) is 0.143. The molecule has 1 aromatic rings. The molecule has 0 saturated heterocycles. The van der Waals surface area contributed by atoms with Crippen molar-refractivity contribution >= 4 is 10.3 Å². The van der Waals surface area contributed by atoms with Crippen LogP contribution in [0.2, 0.25) is 0 Å². The summed E-state index contributed by atoms with van der Waals surface area (Å²) < 4.78 is 37.8. The summed E-state index contributed by atoms with van der Waals surface area (Å²) >= 11 is 0. The molecule has 0 spiro atoms. The minimum Gasteiger partial charge on any atom is -0.508 e. The molecule has 0 fully saturated rings. The maximum Gasteiger partial charge on any atom is 0.333 e. The van der Waals surface area contributed by atoms with Crippen LogP contribution in [-0.2, 0) is 21.1 Å². The molecule has 7 heteroatoms. The Morgan fingerprint density at radius 3 is 2.64 bits per heavy atom. The highest BCUT2D eigenvalue weighted by atomic mass is 32.2. The highest BCUT2D eigenvalue weighted by Crippen LogP contribution is 2.15. The summed E-state index contributed by atoms with van der Waals surface area (Å²) in [4.78, 5) is 0. The van der Waals surface area contributed by atoms with Crippen LogP contribution in [0.15, 0.2) is 18.2 Å². The lowest BCUT2D eigenvalue weighted by molar-refractivity contribution is 0.302. The predicted molar refractivity (Wildman–Crippen MR) is 46.0 cm³/mol. The summed E-state index contributed by atoms with van der Waals surface area (Å²) in [5.41, 5.74) is -0.00294. The molecule has 14 heavy (non-hydrogen) atoms. The van der Waals surface area contributed by atoms with Gasteiger partial charge in [0.25, 0.3) is 0 Å². The zero-order valence-electron chi connectivity index (χ0n) is 6.97. The number of halogens is 1. The Hall–Kier alpha value is -1.18. The lowest BCUT2D eigenvalue weighted by Gasteiger charge is -2.02. The quantitative estimate of drug-likeness (QED) is 0.765. The highest BCUT2D eigenvalue weighted by Gasteiger charge is 2.07. The van der Waals surface area contributed by atoms with Gasteiger partial charge in [0.2, 0.25) is 0 Å². The van der Waals surface area contributed by atoms with Gasteiger partial charge in [0.05, 0.1) is 6.61 Å². The van der Waals surface area contributed by atoms with Crippen molar-refractivity contribution < 1.29 is 22.1 Å². The fourth-order valence-electron chi connectivity index (χ4n) is 0.799. The molecular formula is C7H8FNO4S. The minimum absolute atomic E-state index is 0.00294. The summed E-state index contributed by atoms with van der Waals surface area (Å²) in [6, 6.07) is 3.27. The van der Waals surface area contributed by atoms with Gasteiger partial charge in [-0.2, -0.15) is 8.42 Å². The molecule has 0 aromatic heterocycles. The first kappa shape index (κ1) is 10.9. The van der Waals surface area contributed by atoms with Crippen molar-refractivity contribution in [1.29, 1.82) is 0 Å². The molecule has 0 aliphatic carbocycles. The van der Waals surface area contributed by atoms with Gasteiger partial charge in [0, 0.05) is 11.6 Å². The van der Waals surface area contributed by atoms with Crippen LogP contribution >= 0.6 is 0 Å². The molecule has 1 aromatic carbocycles. The highest BCUT2D eigenvalue weighted by molar-refractivity contribution is 7.84. The summed E-state index contributed by atoms with van der Waals surface area (Å²) in [5, 5.41) is 13.4. The molecule has 78 valence electrons.